The molecule has 1 atom stereocenters. The van der Waals surface area contributed by atoms with Gasteiger partial charge in [0.15, 0.2) is 0 Å². The van der Waals surface area contributed by atoms with Gasteiger partial charge in [0.25, 0.3) is 5.56 Å². The monoisotopic (exact) mass is 406 g/mol. The maximum atomic E-state index is 13.2. The summed E-state index contributed by atoms with van der Waals surface area (Å²) >= 11 is 0. The summed E-state index contributed by atoms with van der Waals surface area (Å²) in [4.78, 5) is 29.4. The molecule has 3 rings (SSSR count). The second-order valence-corrected chi connectivity index (χ2v) is 8.27. The van der Waals surface area contributed by atoms with Gasteiger partial charge in [0.1, 0.15) is 5.82 Å². The van der Waals surface area contributed by atoms with Crippen LogP contribution in [0.1, 0.15) is 11.6 Å². The van der Waals surface area contributed by atoms with Crippen LogP contribution in [0.25, 0.3) is 10.9 Å². The predicted molar refractivity (Wildman–Crippen MR) is 103 cm³/mol. The van der Waals surface area contributed by atoms with Crippen LogP contribution in [0.3, 0.4) is 0 Å². The maximum Gasteiger partial charge on any atom is 0.326 e. The number of nitrogens with one attached hydrogen (secondary N) is 3. The van der Waals surface area contributed by atoms with E-state index in [1.54, 1.807) is 26.2 Å². The smallest absolute Gasteiger partial charge is 0.307 e. The minimum atomic E-state index is -3.92. The number of likely N-dealkylation sites (N-methyl/N-ethyl adjacent to an activating group) is 1. The van der Waals surface area contributed by atoms with E-state index < -0.39 is 21.3 Å². The molecule has 1 unspecified atom stereocenters. The Morgan fingerprint density at radius 3 is 2.39 bits per heavy atom. The van der Waals surface area contributed by atoms with Crippen molar-refractivity contribution in [1.82, 2.24) is 19.6 Å². The van der Waals surface area contributed by atoms with Crippen LogP contribution in [0, 0.1) is 5.82 Å². The number of hydrogen-bond acceptors (Lipinski definition) is 5. The Kier molecular flexibility index (Phi) is 5.45. The van der Waals surface area contributed by atoms with E-state index >= 15 is 0 Å². The summed E-state index contributed by atoms with van der Waals surface area (Å²) in [5.74, 6) is -0.374. The fourth-order valence-electron chi connectivity index (χ4n) is 2.87. The minimum absolute atomic E-state index is 0.0426. The number of hydrogen-bond donors (Lipinski definition) is 3. The van der Waals surface area contributed by atoms with E-state index in [0.717, 1.165) is 5.56 Å². The number of aromatic amines is 2. The van der Waals surface area contributed by atoms with Crippen molar-refractivity contribution in [2.24, 2.45) is 0 Å². The van der Waals surface area contributed by atoms with Crippen LogP contribution in [0.15, 0.2) is 56.9 Å². The highest BCUT2D eigenvalue weighted by Gasteiger charge is 2.20. The predicted octanol–water partition coefficient (Wildman–Crippen LogP) is 0.937. The summed E-state index contributed by atoms with van der Waals surface area (Å²) < 4.78 is 41.1. The van der Waals surface area contributed by atoms with Crippen LogP contribution >= 0.6 is 0 Å². The number of benzene rings is 2. The fraction of sp³-hybridized carbons (Fsp3) is 0.222. The molecule has 0 fully saturated rings. The molecule has 3 N–H and O–H groups in total. The Balaban J connectivity index is 1.88. The number of sulfonamides is 1. The second-order valence-electron chi connectivity index (χ2n) is 6.50. The Hall–Kier alpha value is -2.82. The summed E-state index contributed by atoms with van der Waals surface area (Å²) in [5.41, 5.74) is -0.348. The van der Waals surface area contributed by atoms with Crippen molar-refractivity contribution in [3.8, 4) is 0 Å². The molecule has 0 saturated carbocycles. The first kappa shape index (κ1) is 19.9. The zero-order valence-electron chi connectivity index (χ0n) is 15.2. The molecule has 0 aliphatic carbocycles. The van der Waals surface area contributed by atoms with Crippen LogP contribution in [0.4, 0.5) is 4.39 Å². The number of aromatic nitrogens is 2. The largest absolute Gasteiger partial charge is 0.326 e. The van der Waals surface area contributed by atoms with Crippen molar-refractivity contribution in [3.63, 3.8) is 0 Å². The maximum absolute atomic E-state index is 13.2. The summed E-state index contributed by atoms with van der Waals surface area (Å²) in [6, 6.07) is 9.38. The Bertz CT molecular complexity index is 1220. The molecule has 148 valence electrons. The van der Waals surface area contributed by atoms with E-state index in [1.165, 1.54) is 30.3 Å². The van der Waals surface area contributed by atoms with E-state index in [4.69, 9.17) is 0 Å². The lowest BCUT2D eigenvalue weighted by atomic mass is 10.1. The molecule has 0 bridgehead atoms. The molecule has 0 radical (unpaired) electrons. The van der Waals surface area contributed by atoms with E-state index in [1.807, 2.05) is 4.90 Å². The molecule has 1 aromatic heterocycles. The molecule has 8 nitrogen and oxygen atoms in total. The molecule has 0 saturated heterocycles. The zero-order valence-corrected chi connectivity index (χ0v) is 16.0. The normalized spacial score (nSPS) is 13.1. The van der Waals surface area contributed by atoms with Gasteiger partial charge in [-0.1, -0.05) is 12.1 Å². The average Bonchev–Trinajstić information content (AvgIpc) is 2.62. The van der Waals surface area contributed by atoms with Crippen LogP contribution in [-0.2, 0) is 10.0 Å². The van der Waals surface area contributed by atoms with Crippen LogP contribution < -0.4 is 16.0 Å². The van der Waals surface area contributed by atoms with Crippen molar-refractivity contribution in [1.29, 1.82) is 0 Å². The lowest BCUT2D eigenvalue weighted by Gasteiger charge is -2.25. The molecule has 0 amide bonds. The molecule has 10 heteroatoms. The van der Waals surface area contributed by atoms with E-state index in [-0.39, 0.29) is 34.2 Å². The third-order valence-corrected chi connectivity index (χ3v) is 5.79. The standard InChI is InChI=1S/C18H19FN4O4S/c1-23(2)16(11-3-5-12(19)6-4-11)10-20-28(26,27)13-7-8-15-14(9-13)17(24)22-18(25)21-15/h3-9,16,20H,10H2,1-2H3,(H2,21,22,24,25). The highest BCUT2D eigenvalue weighted by molar-refractivity contribution is 7.89. The molecule has 0 spiro atoms. The third-order valence-electron chi connectivity index (χ3n) is 4.37. The summed E-state index contributed by atoms with van der Waals surface area (Å²) in [6.45, 7) is 0.0426. The van der Waals surface area contributed by atoms with Crippen LogP contribution in [0.5, 0.6) is 0 Å². The van der Waals surface area contributed by atoms with Crippen molar-refractivity contribution in [2.75, 3.05) is 20.6 Å². The highest BCUT2D eigenvalue weighted by Crippen LogP contribution is 2.20. The van der Waals surface area contributed by atoms with Crippen LogP contribution in [0.2, 0.25) is 0 Å². The number of H-pyrrole nitrogens is 2. The summed E-state index contributed by atoms with van der Waals surface area (Å²) in [5, 5.41) is 0.0603. The van der Waals surface area contributed by atoms with Crippen molar-refractivity contribution >= 4 is 20.9 Å². The molecular formula is C18H19FN4O4S. The lowest BCUT2D eigenvalue weighted by molar-refractivity contribution is 0.299. The van der Waals surface area contributed by atoms with Gasteiger partial charge in [-0.25, -0.2) is 22.3 Å². The number of halogens is 1. The second kappa shape index (κ2) is 7.66. The highest BCUT2D eigenvalue weighted by atomic mass is 32.2. The first-order chi connectivity index (χ1) is 13.2. The molecule has 1 heterocycles. The average molecular weight is 406 g/mol. The molecule has 28 heavy (non-hydrogen) atoms. The van der Waals surface area contributed by atoms with Crippen molar-refractivity contribution < 1.29 is 12.8 Å². The SMILES string of the molecule is CN(C)C(CNS(=O)(=O)c1ccc2[nH]c(=O)[nH]c(=O)c2c1)c1ccc(F)cc1. The van der Waals surface area contributed by atoms with Gasteiger partial charge in [-0.05, 0) is 50.0 Å². The first-order valence-electron chi connectivity index (χ1n) is 8.35. The number of fused-ring (bicyclic) bond motifs is 1. The lowest BCUT2D eigenvalue weighted by Crippen LogP contribution is -2.34. The Labute approximate surface area is 160 Å². The van der Waals surface area contributed by atoms with Gasteiger partial charge in [-0.15, -0.1) is 0 Å². The number of nitrogens with zero attached hydrogens (tertiary/aromatic N) is 1. The minimum Gasteiger partial charge on any atom is -0.307 e. The van der Waals surface area contributed by atoms with Gasteiger partial charge in [0.05, 0.1) is 15.8 Å². The van der Waals surface area contributed by atoms with E-state index in [2.05, 4.69) is 14.7 Å². The molecule has 0 aliphatic heterocycles. The molecule has 0 aliphatic rings. The first-order valence-corrected chi connectivity index (χ1v) is 9.83. The van der Waals surface area contributed by atoms with Gasteiger partial charge in [-0.3, -0.25) is 9.78 Å². The van der Waals surface area contributed by atoms with Gasteiger partial charge in [0, 0.05) is 12.6 Å². The topological polar surface area (TPSA) is 115 Å². The van der Waals surface area contributed by atoms with Gasteiger partial charge in [-0.2, -0.15) is 0 Å². The van der Waals surface area contributed by atoms with Crippen LogP contribution in [-0.4, -0.2) is 43.9 Å². The van der Waals surface area contributed by atoms with E-state index in [9.17, 15) is 22.4 Å². The summed E-state index contributed by atoms with van der Waals surface area (Å²) in [6.07, 6.45) is 0. The van der Waals surface area contributed by atoms with Gasteiger partial charge < -0.3 is 9.88 Å². The quantitative estimate of drug-likeness (QED) is 0.564. The third kappa shape index (κ3) is 4.19. The van der Waals surface area contributed by atoms with Gasteiger partial charge >= 0.3 is 5.69 Å². The van der Waals surface area contributed by atoms with E-state index in [0.29, 0.717) is 0 Å². The van der Waals surface area contributed by atoms with Crippen molar-refractivity contribution in [2.45, 2.75) is 10.9 Å². The zero-order chi connectivity index (χ0) is 20.5. The molecular weight excluding hydrogens is 387 g/mol. The Morgan fingerprint density at radius 1 is 1.07 bits per heavy atom. The molecule has 3 aromatic rings. The summed E-state index contributed by atoms with van der Waals surface area (Å²) in [7, 11) is -0.347. The fourth-order valence-corrected chi connectivity index (χ4v) is 3.93. The van der Waals surface area contributed by atoms with Crippen molar-refractivity contribution in [3.05, 3.63) is 74.7 Å². The Morgan fingerprint density at radius 2 is 1.75 bits per heavy atom. The molecule has 2 aromatic carbocycles. The number of rotatable bonds is 6. The van der Waals surface area contributed by atoms with Gasteiger partial charge in [0.2, 0.25) is 10.0 Å².